The van der Waals surface area contributed by atoms with Gasteiger partial charge in [-0.1, -0.05) is 46.4 Å². The van der Waals surface area contributed by atoms with Crippen LogP contribution in [0.3, 0.4) is 0 Å². The summed E-state index contributed by atoms with van der Waals surface area (Å²) in [5, 5.41) is 0.608. The van der Waals surface area contributed by atoms with Gasteiger partial charge in [0.25, 0.3) is 0 Å². The third-order valence-corrected chi connectivity index (χ3v) is 3.02. The summed E-state index contributed by atoms with van der Waals surface area (Å²) in [6, 6.07) is 1.37. The van der Waals surface area contributed by atoms with Gasteiger partial charge in [0, 0.05) is 5.56 Å². The molecule has 0 aromatic heterocycles. The summed E-state index contributed by atoms with van der Waals surface area (Å²) >= 11 is 22.6. The second-order valence-electron chi connectivity index (χ2n) is 2.01. The number of benzene rings is 1. The van der Waals surface area contributed by atoms with Crippen LogP contribution in [-0.2, 0) is 0 Å². The minimum Gasteiger partial charge on any atom is -0.298 e. The topological polar surface area (TPSA) is 17.1 Å². The van der Waals surface area contributed by atoms with Crippen LogP contribution < -0.4 is 0 Å². The molecule has 0 aliphatic carbocycles. The zero-order valence-corrected chi connectivity index (χ0v) is 8.60. The Kier molecular flexibility index (Phi) is 3.24. The van der Waals surface area contributed by atoms with Crippen molar-refractivity contribution < 1.29 is 4.79 Å². The SMILES string of the molecule is O=Cc1cc(Cl)c(Cl)c(Cl)c1Cl. The normalized spacial score (nSPS) is 10.0. The van der Waals surface area contributed by atoms with Gasteiger partial charge < -0.3 is 0 Å². The summed E-state index contributed by atoms with van der Waals surface area (Å²) in [6.07, 6.45) is 0.566. The molecule has 0 unspecified atom stereocenters. The highest BCUT2D eigenvalue weighted by atomic mass is 35.5. The molecule has 0 heterocycles. The lowest BCUT2D eigenvalue weighted by Gasteiger charge is -2.03. The number of aldehydes is 1. The first-order chi connectivity index (χ1) is 5.57. The second kappa shape index (κ2) is 3.84. The Balaban J connectivity index is 3.49. The van der Waals surface area contributed by atoms with E-state index in [9.17, 15) is 4.79 Å². The van der Waals surface area contributed by atoms with Gasteiger partial charge in [0.15, 0.2) is 6.29 Å². The number of hydrogen-bond acceptors (Lipinski definition) is 1. The van der Waals surface area contributed by atoms with Crippen LogP contribution in [0.2, 0.25) is 20.1 Å². The molecular formula is C7H2Cl4O. The van der Waals surface area contributed by atoms with Crippen molar-refractivity contribution in [1.82, 2.24) is 0 Å². The van der Waals surface area contributed by atoms with Crippen molar-refractivity contribution in [2.75, 3.05) is 0 Å². The summed E-state index contributed by atoms with van der Waals surface area (Å²) in [5.74, 6) is 0. The number of hydrogen-bond donors (Lipinski definition) is 0. The van der Waals surface area contributed by atoms with Crippen LogP contribution in [0.1, 0.15) is 10.4 Å². The lowest BCUT2D eigenvalue weighted by molar-refractivity contribution is 0.112. The van der Waals surface area contributed by atoms with E-state index in [-0.39, 0.29) is 25.7 Å². The smallest absolute Gasteiger partial charge is 0.151 e. The predicted molar refractivity (Wildman–Crippen MR) is 51.9 cm³/mol. The van der Waals surface area contributed by atoms with Gasteiger partial charge in [0.1, 0.15) is 0 Å². The molecule has 0 bridgehead atoms. The van der Waals surface area contributed by atoms with E-state index in [0.717, 1.165) is 0 Å². The summed E-state index contributed by atoms with van der Waals surface area (Å²) in [5.41, 5.74) is 0.232. The number of halogens is 4. The Morgan fingerprint density at radius 1 is 1.00 bits per heavy atom. The molecule has 1 nitrogen and oxygen atoms in total. The Morgan fingerprint density at radius 3 is 2.08 bits per heavy atom. The zero-order chi connectivity index (χ0) is 9.30. The predicted octanol–water partition coefficient (Wildman–Crippen LogP) is 4.11. The zero-order valence-electron chi connectivity index (χ0n) is 5.57. The van der Waals surface area contributed by atoms with E-state index in [1.807, 2.05) is 0 Å². The van der Waals surface area contributed by atoms with E-state index in [2.05, 4.69) is 0 Å². The summed E-state index contributed by atoms with van der Waals surface area (Å²) < 4.78 is 0. The second-order valence-corrected chi connectivity index (χ2v) is 3.55. The molecule has 0 radical (unpaired) electrons. The van der Waals surface area contributed by atoms with Crippen LogP contribution in [0.4, 0.5) is 0 Å². The maximum atomic E-state index is 10.4. The Morgan fingerprint density at radius 2 is 1.58 bits per heavy atom. The third kappa shape index (κ3) is 1.69. The Labute approximate surface area is 89.2 Å². The molecule has 64 valence electrons. The quantitative estimate of drug-likeness (QED) is 0.412. The highest BCUT2D eigenvalue weighted by Gasteiger charge is 2.11. The average molecular weight is 244 g/mol. The fourth-order valence-electron chi connectivity index (χ4n) is 0.677. The first-order valence-electron chi connectivity index (χ1n) is 2.86. The van der Waals surface area contributed by atoms with Gasteiger partial charge in [0.05, 0.1) is 20.1 Å². The van der Waals surface area contributed by atoms with Crippen molar-refractivity contribution in [1.29, 1.82) is 0 Å². The third-order valence-electron chi connectivity index (χ3n) is 1.26. The van der Waals surface area contributed by atoms with Gasteiger partial charge in [0.2, 0.25) is 0 Å². The number of carbonyl (C=O) groups excluding carboxylic acids is 1. The molecule has 0 saturated carbocycles. The highest BCUT2D eigenvalue weighted by molar-refractivity contribution is 6.52. The van der Waals surface area contributed by atoms with Crippen molar-refractivity contribution >= 4 is 52.7 Å². The number of carbonyl (C=O) groups is 1. The van der Waals surface area contributed by atoms with E-state index >= 15 is 0 Å². The molecule has 5 heteroatoms. The van der Waals surface area contributed by atoms with Gasteiger partial charge in [-0.3, -0.25) is 4.79 Å². The van der Waals surface area contributed by atoms with E-state index in [1.54, 1.807) is 0 Å². The molecule has 1 aromatic carbocycles. The largest absolute Gasteiger partial charge is 0.298 e. The molecule has 12 heavy (non-hydrogen) atoms. The van der Waals surface area contributed by atoms with Crippen molar-refractivity contribution in [2.45, 2.75) is 0 Å². The first kappa shape index (κ1) is 10.1. The van der Waals surface area contributed by atoms with Gasteiger partial charge >= 0.3 is 0 Å². The van der Waals surface area contributed by atoms with Crippen molar-refractivity contribution in [3.63, 3.8) is 0 Å². The molecular weight excluding hydrogens is 242 g/mol. The lowest BCUT2D eigenvalue weighted by Crippen LogP contribution is -1.84. The van der Waals surface area contributed by atoms with Crippen molar-refractivity contribution in [3.8, 4) is 0 Å². The Hall–Kier alpha value is 0.0500. The molecule has 0 spiro atoms. The van der Waals surface area contributed by atoms with Gasteiger partial charge in [-0.25, -0.2) is 0 Å². The van der Waals surface area contributed by atoms with Crippen LogP contribution in [0.15, 0.2) is 6.07 Å². The maximum Gasteiger partial charge on any atom is 0.151 e. The lowest BCUT2D eigenvalue weighted by atomic mass is 10.2. The van der Waals surface area contributed by atoms with E-state index in [1.165, 1.54) is 6.07 Å². The van der Waals surface area contributed by atoms with Crippen LogP contribution in [0, 0.1) is 0 Å². The molecule has 0 N–H and O–H groups in total. The summed E-state index contributed by atoms with van der Waals surface area (Å²) in [7, 11) is 0. The number of rotatable bonds is 1. The standard InChI is InChI=1S/C7H2Cl4O/c8-4-1-3(2-12)5(9)7(11)6(4)10/h1-2H. The van der Waals surface area contributed by atoms with Crippen LogP contribution in [-0.4, -0.2) is 6.29 Å². The maximum absolute atomic E-state index is 10.4. The minimum absolute atomic E-state index is 0.105. The monoisotopic (exact) mass is 242 g/mol. The molecule has 0 saturated heterocycles. The summed E-state index contributed by atoms with van der Waals surface area (Å²) in [6.45, 7) is 0. The fourth-order valence-corrected chi connectivity index (χ4v) is 1.54. The molecule has 0 amide bonds. The molecule has 0 atom stereocenters. The molecule has 0 aliphatic heterocycles. The van der Waals surface area contributed by atoms with Crippen molar-refractivity contribution in [2.24, 2.45) is 0 Å². The van der Waals surface area contributed by atoms with E-state index in [4.69, 9.17) is 46.4 Å². The Bertz CT molecular complexity index is 335. The molecule has 1 aromatic rings. The highest BCUT2D eigenvalue weighted by Crippen LogP contribution is 2.37. The van der Waals surface area contributed by atoms with E-state index < -0.39 is 0 Å². The van der Waals surface area contributed by atoms with Gasteiger partial charge in [-0.05, 0) is 6.07 Å². The van der Waals surface area contributed by atoms with Gasteiger partial charge in [-0.15, -0.1) is 0 Å². The summed E-state index contributed by atoms with van der Waals surface area (Å²) in [4.78, 5) is 10.4. The van der Waals surface area contributed by atoms with Crippen LogP contribution in [0.25, 0.3) is 0 Å². The minimum atomic E-state index is 0.105. The molecule has 0 fully saturated rings. The first-order valence-corrected chi connectivity index (χ1v) is 4.37. The van der Waals surface area contributed by atoms with Crippen molar-refractivity contribution in [3.05, 3.63) is 31.7 Å². The average Bonchev–Trinajstić information content (AvgIpc) is 2.08. The fraction of sp³-hybridized carbons (Fsp3) is 0. The van der Waals surface area contributed by atoms with Crippen LogP contribution in [0.5, 0.6) is 0 Å². The van der Waals surface area contributed by atoms with Gasteiger partial charge in [-0.2, -0.15) is 0 Å². The van der Waals surface area contributed by atoms with E-state index in [0.29, 0.717) is 6.29 Å². The van der Waals surface area contributed by atoms with Crippen LogP contribution >= 0.6 is 46.4 Å². The molecule has 0 aliphatic rings. The molecule has 1 rings (SSSR count).